The van der Waals surface area contributed by atoms with Gasteiger partial charge in [0.2, 0.25) is 0 Å². The highest BCUT2D eigenvalue weighted by Crippen LogP contribution is 2.14. The molecule has 15 heavy (non-hydrogen) atoms. The molecule has 0 saturated heterocycles. The van der Waals surface area contributed by atoms with Crippen LogP contribution in [-0.2, 0) is 0 Å². The molecule has 0 aromatic carbocycles. The summed E-state index contributed by atoms with van der Waals surface area (Å²) in [4.78, 5) is 15.7. The van der Waals surface area contributed by atoms with Gasteiger partial charge in [0.25, 0.3) is 5.91 Å². The SMILES string of the molecule is CC(NC(=O)c1cn[nH]n1)c1nccs1. The topological polar surface area (TPSA) is 83.6 Å². The Kier molecular flexibility index (Phi) is 2.72. The molecule has 1 atom stereocenters. The van der Waals surface area contributed by atoms with E-state index in [0.29, 0.717) is 0 Å². The van der Waals surface area contributed by atoms with E-state index in [0.717, 1.165) is 5.01 Å². The largest absolute Gasteiger partial charge is 0.342 e. The number of thiazole rings is 1. The summed E-state index contributed by atoms with van der Waals surface area (Å²) < 4.78 is 0. The molecule has 0 bridgehead atoms. The predicted octanol–water partition coefficient (Wildman–Crippen LogP) is 0.752. The Balaban J connectivity index is 2.01. The van der Waals surface area contributed by atoms with Crippen molar-refractivity contribution in [3.05, 3.63) is 28.5 Å². The average molecular weight is 223 g/mol. The number of carbonyl (C=O) groups is 1. The third-order valence-corrected chi connectivity index (χ3v) is 2.78. The van der Waals surface area contributed by atoms with E-state index in [9.17, 15) is 4.79 Å². The molecule has 0 spiro atoms. The summed E-state index contributed by atoms with van der Waals surface area (Å²) in [6.45, 7) is 1.87. The van der Waals surface area contributed by atoms with Crippen LogP contribution in [0.4, 0.5) is 0 Å². The third kappa shape index (κ3) is 2.18. The Hall–Kier alpha value is -1.76. The molecule has 1 unspecified atom stereocenters. The van der Waals surface area contributed by atoms with Gasteiger partial charge in [-0.15, -0.1) is 11.3 Å². The van der Waals surface area contributed by atoms with Gasteiger partial charge in [-0.1, -0.05) is 0 Å². The number of nitrogens with zero attached hydrogens (tertiary/aromatic N) is 3. The molecule has 0 aliphatic heterocycles. The van der Waals surface area contributed by atoms with E-state index in [2.05, 4.69) is 25.7 Å². The van der Waals surface area contributed by atoms with Crippen LogP contribution < -0.4 is 5.32 Å². The molecule has 2 heterocycles. The van der Waals surface area contributed by atoms with Crippen LogP contribution in [0.25, 0.3) is 0 Å². The number of aromatic nitrogens is 4. The Bertz CT molecular complexity index is 424. The van der Waals surface area contributed by atoms with E-state index in [1.54, 1.807) is 6.20 Å². The lowest BCUT2D eigenvalue weighted by atomic mass is 10.3. The summed E-state index contributed by atoms with van der Waals surface area (Å²) >= 11 is 1.50. The van der Waals surface area contributed by atoms with Gasteiger partial charge in [0, 0.05) is 11.6 Å². The van der Waals surface area contributed by atoms with Crippen LogP contribution in [0.3, 0.4) is 0 Å². The van der Waals surface area contributed by atoms with Gasteiger partial charge in [-0.05, 0) is 6.92 Å². The monoisotopic (exact) mass is 223 g/mol. The van der Waals surface area contributed by atoms with E-state index >= 15 is 0 Å². The van der Waals surface area contributed by atoms with Gasteiger partial charge in [-0.2, -0.15) is 15.4 Å². The number of nitrogens with one attached hydrogen (secondary N) is 2. The fraction of sp³-hybridized carbons (Fsp3) is 0.250. The van der Waals surface area contributed by atoms with Crippen LogP contribution in [-0.4, -0.2) is 26.3 Å². The lowest BCUT2D eigenvalue weighted by Gasteiger charge is -2.08. The molecule has 0 saturated carbocycles. The molecule has 2 aromatic rings. The van der Waals surface area contributed by atoms with E-state index in [-0.39, 0.29) is 17.6 Å². The first-order valence-corrected chi connectivity index (χ1v) is 5.21. The van der Waals surface area contributed by atoms with E-state index < -0.39 is 0 Å². The highest BCUT2D eigenvalue weighted by atomic mass is 32.1. The number of H-pyrrole nitrogens is 1. The van der Waals surface area contributed by atoms with Crippen molar-refractivity contribution in [3.8, 4) is 0 Å². The maximum Gasteiger partial charge on any atom is 0.274 e. The lowest BCUT2D eigenvalue weighted by molar-refractivity contribution is 0.0934. The van der Waals surface area contributed by atoms with Crippen LogP contribution in [0.1, 0.15) is 28.5 Å². The van der Waals surface area contributed by atoms with Gasteiger partial charge in [0.1, 0.15) is 5.01 Å². The Labute approximate surface area is 89.7 Å². The molecular formula is C8H9N5OS. The molecule has 7 heteroatoms. The van der Waals surface area contributed by atoms with Crippen molar-refractivity contribution in [1.29, 1.82) is 0 Å². The summed E-state index contributed by atoms with van der Waals surface area (Å²) in [7, 11) is 0. The van der Waals surface area contributed by atoms with Crippen LogP contribution in [0.2, 0.25) is 0 Å². The van der Waals surface area contributed by atoms with Crippen LogP contribution in [0.5, 0.6) is 0 Å². The van der Waals surface area contributed by atoms with Crippen molar-refractivity contribution in [2.45, 2.75) is 13.0 Å². The van der Waals surface area contributed by atoms with Gasteiger partial charge in [0.15, 0.2) is 5.69 Å². The summed E-state index contributed by atoms with van der Waals surface area (Å²) in [6.07, 6.45) is 3.09. The summed E-state index contributed by atoms with van der Waals surface area (Å²) in [6, 6.07) is -0.116. The number of amides is 1. The first kappa shape index (κ1) is 9.78. The van der Waals surface area contributed by atoms with E-state index in [1.807, 2.05) is 12.3 Å². The second-order valence-corrected chi connectivity index (χ2v) is 3.85. The van der Waals surface area contributed by atoms with Crippen molar-refractivity contribution < 1.29 is 4.79 Å². The van der Waals surface area contributed by atoms with Gasteiger partial charge < -0.3 is 5.32 Å². The molecule has 2 N–H and O–H groups in total. The van der Waals surface area contributed by atoms with Crippen molar-refractivity contribution >= 4 is 17.2 Å². The Morgan fingerprint density at radius 3 is 3.13 bits per heavy atom. The van der Waals surface area contributed by atoms with Gasteiger partial charge in [-0.25, -0.2) is 4.98 Å². The number of rotatable bonds is 3. The molecule has 0 radical (unpaired) electrons. The van der Waals surface area contributed by atoms with Crippen LogP contribution in [0.15, 0.2) is 17.8 Å². The minimum atomic E-state index is -0.258. The first-order valence-electron chi connectivity index (χ1n) is 4.33. The van der Waals surface area contributed by atoms with Crippen LogP contribution in [0, 0.1) is 0 Å². The predicted molar refractivity (Wildman–Crippen MR) is 54.4 cm³/mol. The molecule has 2 rings (SSSR count). The van der Waals surface area contributed by atoms with Gasteiger partial charge in [0.05, 0.1) is 12.2 Å². The molecular weight excluding hydrogens is 214 g/mol. The first-order chi connectivity index (χ1) is 7.27. The normalized spacial score (nSPS) is 12.3. The van der Waals surface area contributed by atoms with Crippen molar-refractivity contribution in [2.75, 3.05) is 0 Å². The zero-order valence-corrected chi connectivity index (χ0v) is 8.78. The molecule has 0 aliphatic carbocycles. The summed E-state index contributed by atoms with van der Waals surface area (Å²) in [5.41, 5.74) is 0.276. The van der Waals surface area contributed by atoms with Crippen LogP contribution >= 0.6 is 11.3 Å². The number of aromatic amines is 1. The molecule has 78 valence electrons. The maximum atomic E-state index is 11.6. The van der Waals surface area contributed by atoms with E-state index in [4.69, 9.17) is 0 Å². The fourth-order valence-corrected chi connectivity index (χ4v) is 1.74. The number of hydrogen-bond donors (Lipinski definition) is 2. The Morgan fingerprint density at radius 2 is 2.53 bits per heavy atom. The number of carbonyl (C=O) groups excluding carboxylic acids is 1. The second kappa shape index (κ2) is 4.18. The molecule has 0 aliphatic rings. The average Bonchev–Trinajstić information content (AvgIpc) is 2.91. The molecule has 2 aromatic heterocycles. The molecule has 1 amide bonds. The highest BCUT2D eigenvalue weighted by Gasteiger charge is 2.14. The maximum absolute atomic E-state index is 11.6. The smallest absolute Gasteiger partial charge is 0.274 e. The number of hydrogen-bond acceptors (Lipinski definition) is 5. The summed E-state index contributed by atoms with van der Waals surface area (Å²) in [5, 5.41) is 15.1. The minimum Gasteiger partial charge on any atom is -0.342 e. The van der Waals surface area contributed by atoms with Crippen molar-refractivity contribution in [3.63, 3.8) is 0 Å². The third-order valence-electron chi connectivity index (χ3n) is 1.82. The van der Waals surface area contributed by atoms with Crippen molar-refractivity contribution in [2.24, 2.45) is 0 Å². The minimum absolute atomic E-state index is 0.116. The van der Waals surface area contributed by atoms with Gasteiger partial charge in [-0.3, -0.25) is 4.79 Å². The van der Waals surface area contributed by atoms with E-state index in [1.165, 1.54) is 17.5 Å². The zero-order chi connectivity index (χ0) is 10.7. The fourth-order valence-electron chi connectivity index (χ4n) is 1.09. The lowest BCUT2D eigenvalue weighted by Crippen LogP contribution is -2.26. The highest BCUT2D eigenvalue weighted by molar-refractivity contribution is 7.09. The quantitative estimate of drug-likeness (QED) is 0.804. The standard InChI is InChI=1S/C8H9N5OS/c1-5(8-9-2-3-15-8)11-7(14)6-4-10-13-12-6/h2-5H,1H3,(H,11,14)(H,10,12,13). The summed E-state index contributed by atoms with van der Waals surface area (Å²) in [5.74, 6) is -0.258. The van der Waals surface area contributed by atoms with Crippen molar-refractivity contribution in [1.82, 2.24) is 25.7 Å². The van der Waals surface area contributed by atoms with Gasteiger partial charge >= 0.3 is 0 Å². The Morgan fingerprint density at radius 1 is 1.67 bits per heavy atom. The zero-order valence-electron chi connectivity index (χ0n) is 7.97. The molecule has 0 fully saturated rings. The molecule has 6 nitrogen and oxygen atoms in total. The second-order valence-electron chi connectivity index (χ2n) is 2.92.